The van der Waals surface area contributed by atoms with Crippen LogP contribution in [0.3, 0.4) is 0 Å². The predicted octanol–water partition coefficient (Wildman–Crippen LogP) is 4.32. The lowest BCUT2D eigenvalue weighted by Crippen LogP contribution is -2.27. The average molecular weight is 386 g/mol. The quantitative estimate of drug-likeness (QED) is 0.337. The van der Waals surface area contributed by atoms with Crippen molar-refractivity contribution in [3.05, 3.63) is 68.6 Å². The van der Waals surface area contributed by atoms with Gasteiger partial charge in [-0.3, -0.25) is 19.8 Å². The van der Waals surface area contributed by atoms with E-state index in [0.717, 1.165) is 5.56 Å². The number of benzene rings is 2. The first-order valence-corrected chi connectivity index (χ1v) is 8.80. The summed E-state index contributed by atoms with van der Waals surface area (Å²) in [6.07, 6.45) is 1.60. The van der Waals surface area contributed by atoms with Gasteiger partial charge in [0.05, 0.1) is 22.6 Å². The Bertz CT molecular complexity index is 956. The minimum absolute atomic E-state index is 0.157. The van der Waals surface area contributed by atoms with Gasteiger partial charge in [-0.25, -0.2) is 0 Å². The molecule has 0 bridgehead atoms. The fourth-order valence-corrected chi connectivity index (χ4v) is 3.85. The van der Waals surface area contributed by atoms with E-state index < -0.39 is 4.92 Å². The van der Waals surface area contributed by atoms with Crippen molar-refractivity contribution in [2.24, 2.45) is 0 Å². The van der Waals surface area contributed by atoms with Crippen molar-refractivity contribution in [2.75, 3.05) is 12.0 Å². The molecular formula is C18H14N2O4S2. The molecule has 1 amide bonds. The number of methoxy groups -OCH3 is 1. The van der Waals surface area contributed by atoms with Gasteiger partial charge in [0, 0.05) is 6.07 Å². The van der Waals surface area contributed by atoms with Gasteiger partial charge in [0.15, 0.2) is 10.1 Å². The molecule has 1 heterocycles. The molecule has 0 N–H and O–H groups in total. The number of amides is 1. The number of rotatable bonds is 4. The molecule has 26 heavy (non-hydrogen) atoms. The average Bonchev–Trinajstić information content (AvgIpc) is 2.88. The molecule has 2 aromatic carbocycles. The van der Waals surface area contributed by atoms with Gasteiger partial charge in [-0.2, -0.15) is 0 Å². The molecule has 1 aliphatic heterocycles. The third-order valence-corrected chi connectivity index (χ3v) is 5.05. The van der Waals surface area contributed by atoms with Crippen molar-refractivity contribution in [1.82, 2.24) is 0 Å². The molecule has 0 spiro atoms. The van der Waals surface area contributed by atoms with Crippen LogP contribution in [0.4, 0.5) is 11.4 Å². The molecule has 6 nitrogen and oxygen atoms in total. The Kier molecular flexibility index (Phi) is 5.06. The number of nitro benzene ring substituents is 1. The van der Waals surface area contributed by atoms with Crippen molar-refractivity contribution in [2.45, 2.75) is 6.92 Å². The van der Waals surface area contributed by atoms with Crippen molar-refractivity contribution in [3.63, 3.8) is 0 Å². The maximum absolute atomic E-state index is 12.8. The minimum Gasteiger partial charge on any atom is -0.490 e. The van der Waals surface area contributed by atoms with Gasteiger partial charge in [0.2, 0.25) is 0 Å². The van der Waals surface area contributed by atoms with E-state index in [1.165, 1.54) is 35.9 Å². The van der Waals surface area contributed by atoms with Gasteiger partial charge in [-0.05, 0) is 42.3 Å². The number of hydrogen-bond acceptors (Lipinski definition) is 6. The Labute approximate surface area is 159 Å². The van der Waals surface area contributed by atoms with Crippen molar-refractivity contribution >= 4 is 51.7 Å². The lowest BCUT2D eigenvalue weighted by atomic mass is 10.1. The molecule has 0 atom stereocenters. The van der Waals surface area contributed by atoms with Crippen LogP contribution in [-0.2, 0) is 4.79 Å². The smallest absolute Gasteiger partial charge is 0.311 e. The highest BCUT2D eigenvalue weighted by atomic mass is 32.2. The second kappa shape index (κ2) is 7.27. The molecule has 1 saturated heterocycles. The molecule has 1 aliphatic rings. The molecule has 132 valence electrons. The topological polar surface area (TPSA) is 72.7 Å². The van der Waals surface area contributed by atoms with Gasteiger partial charge in [-0.15, -0.1) is 0 Å². The number of nitro groups is 1. The summed E-state index contributed by atoms with van der Waals surface area (Å²) in [6.45, 7) is 1.94. The Morgan fingerprint density at radius 3 is 2.69 bits per heavy atom. The standard InChI is InChI=1S/C18H14N2O4S2/c1-11-4-3-5-13(8-11)19-17(21)16(26-18(19)25)10-12-6-7-15(24-2)14(9-12)20(22)23/h3-10H,1-2H3/b16-10-. The summed E-state index contributed by atoms with van der Waals surface area (Å²) in [4.78, 5) is 25.3. The third kappa shape index (κ3) is 3.47. The zero-order valence-corrected chi connectivity index (χ0v) is 15.6. The summed E-state index contributed by atoms with van der Waals surface area (Å²) in [5.74, 6) is -0.0801. The number of carbonyl (C=O) groups is 1. The molecule has 0 aliphatic carbocycles. The Hall–Kier alpha value is -2.71. The predicted molar refractivity (Wildman–Crippen MR) is 106 cm³/mol. The fourth-order valence-electron chi connectivity index (χ4n) is 2.55. The Balaban J connectivity index is 1.96. The number of nitrogens with zero attached hydrogens (tertiary/aromatic N) is 2. The Morgan fingerprint density at radius 1 is 1.27 bits per heavy atom. The van der Waals surface area contributed by atoms with Gasteiger partial charge in [0.25, 0.3) is 5.91 Å². The minimum atomic E-state index is -0.520. The molecule has 3 rings (SSSR count). The molecule has 0 radical (unpaired) electrons. The number of ether oxygens (including phenoxy) is 1. The zero-order chi connectivity index (χ0) is 18.8. The van der Waals surface area contributed by atoms with Crippen LogP contribution in [0, 0.1) is 17.0 Å². The van der Waals surface area contributed by atoms with Crippen LogP contribution < -0.4 is 9.64 Å². The first-order valence-electron chi connectivity index (χ1n) is 7.58. The van der Waals surface area contributed by atoms with E-state index in [1.54, 1.807) is 12.1 Å². The summed E-state index contributed by atoms with van der Waals surface area (Å²) in [6, 6.07) is 12.0. The summed E-state index contributed by atoms with van der Waals surface area (Å²) in [5.41, 5.74) is 2.10. The second-order valence-corrected chi connectivity index (χ2v) is 7.22. The van der Waals surface area contributed by atoms with Crippen LogP contribution in [0.2, 0.25) is 0 Å². The van der Waals surface area contributed by atoms with Gasteiger partial charge >= 0.3 is 5.69 Å². The third-order valence-electron chi connectivity index (χ3n) is 3.75. The molecule has 1 fully saturated rings. The van der Waals surface area contributed by atoms with E-state index >= 15 is 0 Å². The number of thiocarbonyl (C=S) groups is 1. The zero-order valence-electron chi connectivity index (χ0n) is 14.0. The maximum atomic E-state index is 12.8. The van der Waals surface area contributed by atoms with E-state index in [-0.39, 0.29) is 17.3 Å². The fraction of sp³-hybridized carbons (Fsp3) is 0.111. The van der Waals surface area contributed by atoms with Gasteiger partial charge in [-0.1, -0.05) is 42.2 Å². The van der Waals surface area contributed by atoms with Crippen LogP contribution in [0.25, 0.3) is 6.08 Å². The lowest BCUT2D eigenvalue weighted by Gasteiger charge is -2.14. The first-order chi connectivity index (χ1) is 12.4. The largest absolute Gasteiger partial charge is 0.490 e. The highest BCUT2D eigenvalue weighted by Gasteiger charge is 2.33. The molecule has 0 unspecified atom stereocenters. The van der Waals surface area contributed by atoms with E-state index in [2.05, 4.69) is 0 Å². The molecule has 8 heteroatoms. The summed E-state index contributed by atoms with van der Waals surface area (Å²) in [5, 5.41) is 11.2. The highest BCUT2D eigenvalue weighted by Crippen LogP contribution is 2.37. The van der Waals surface area contributed by atoms with E-state index in [1.807, 2.05) is 31.2 Å². The van der Waals surface area contributed by atoms with E-state index in [4.69, 9.17) is 17.0 Å². The lowest BCUT2D eigenvalue weighted by molar-refractivity contribution is -0.385. The first kappa shape index (κ1) is 18.1. The maximum Gasteiger partial charge on any atom is 0.311 e. The van der Waals surface area contributed by atoms with E-state index in [0.29, 0.717) is 20.5 Å². The summed E-state index contributed by atoms with van der Waals surface area (Å²) < 4.78 is 5.42. The molecular weight excluding hydrogens is 372 g/mol. The number of thioether (sulfide) groups is 1. The van der Waals surface area contributed by atoms with Gasteiger partial charge < -0.3 is 4.74 Å². The molecule has 0 aromatic heterocycles. The van der Waals surface area contributed by atoms with Crippen molar-refractivity contribution in [3.8, 4) is 5.75 Å². The second-order valence-electron chi connectivity index (χ2n) is 5.54. The number of anilines is 1. The molecule has 2 aromatic rings. The Morgan fingerprint density at radius 2 is 2.04 bits per heavy atom. The van der Waals surface area contributed by atoms with Crippen LogP contribution in [0.15, 0.2) is 47.4 Å². The summed E-state index contributed by atoms with van der Waals surface area (Å²) >= 11 is 6.51. The monoisotopic (exact) mass is 386 g/mol. The number of aryl methyl sites for hydroxylation is 1. The molecule has 0 saturated carbocycles. The highest BCUT2D eigenvalue weighted by molar-refractivity contribution is 8.27. The summed E-state index contributed by atoms with van der Waals surface area (Å²) in [7, 11) is 1.37. The number of hydrogen-bond donors (Lipinski definition) is 0. The number of carbonyl (C=O) groups excluding carboxylic acids is 1. The van der Waals surface area contributed by atoms with Crippen LogP contribution in [0.1, 0.15) is 11.1 Å². The van der Waals surface area contributed by atoms with Crippen LogP contribution in [-0.4, -0.2) is 22.3 Å². The van der Waals surface area contributed by atoms with Crippen LogP contribution in [0.5, 0.6) is 5.75 Å². The van der Waals surface area contributed by atoms with Gasteiger partial charge in [0.1, 0.15) is 0 Å². The van der Waals surface area contributed by atoms with Crippen LogP contribution >= 0.6 is 24.0 Å². The SMILES string of the molecule is COc1ccc(/C=C2\SC(=S)N(c3cccc(C)c3)C2=O)cc1[N+](=O)[O-]. The van der Waals surface area contributed by atoms with Crippen molar-refractivity contribution < 1.29 is 14.5 Å². The van der Waals surface area contributed by atoms with Crippen molar-refractivity contribution in [1.29, 1.82) is 0 Å². The normalized spacial score (nSPS) is 15.6. The van der Waals surface area contributed by atoms with E-state index in [9.17, 15) is 14.9 Å².